The molecule has 2 bridgehead atoms. The van der Waals surface area contributed by atoms with Crippen LogP contribution in [-0.2, 0) is 14.3 Å². The highest BCUT2D eigenvalue weighted by atomic mass is 16.6. The van der Waals surface area contributed by atoms with Gasteiger partial charge in [-0.2, -0.15) is 0 Å². The van der Waals surface area contributed by atoms with Crippen molar-refractivity contribution in [2.75, 3.05) is 19.8 Å². The summed E-state index contributed by atoms with van der Waals surface area (Å²) in [5.41, 5.74) is 4.81. The molecule has 2 unspecified atom stereocenters. The normalized spacial score (nSPS) is 23.7. The summed E-state index contributed by atoms with van der Waals surface area (Å²) in [6.07, 6.45) is 7.12. The van der Waals surface area contributed by atoms with Gasteiger partial charge in [0.2, 0.25) is 0 Å². The molecule has 0 N–H and O–H groups in total. The molecule has 164 valence electrons. The molecule has 2 saturated heterocycles. The topological polar surface area (TPSA) is 55.8 Å². The van der Waals surface area contributed by atoms with E-state index < -0.39 is 0 Å². The second kappa shape index (κ2) is 8.80. The first-order valence-electron chi connectivity index (χ1n) is 11.3. The lowest BCUT2D eigenvalue weighted by Crippen LogP contribution is -2.60. The number of piperidine rings is 1. The van der Waals surface area contributed by atoms with Crippen LogP contribution in [0.5, 0.6) is 0 Å². The first-order chi connectivity index (χ1) is 15.7. The zero-order valence-corrected chi connectivity index (χ0v) is 18.0. The first-order valence-corrected chi connectivity index (χ1v) is 11.3. The Morgan fingerprint density at radius 1 is 1.00 bits per heavy atom. The van der Waals surface area contributed by atoms with Crippen LogP contribution >= 0.6 is 0 Å². The van der Waals surface area contributed by atoms with Crippen LogP contribution < -0.4 is 0 Å². The van der Waals surface area contributed by atoms with Gasteiger partial charge in [0.25, 0.3) is 0 Å². The minimum atomic E-state index is -0.306. The zero-order chi connectivity index (χ0) is 22.1. The van der Waals surface area contributed by atoms with Crippen molar-refractivity contribution >= 4 is 11.9 Å². The Hall–Kier alpha value is -3.10. The van der Waals surface area contributed by atoms with E-state index in [1.165, 1.54) is 22.3 Å². The molecule has 2 heterocycles. The van der Waals surface area contributed by atoms with Crippen LogP contribution in [-0.4, -0.2) is 48.7 Å². The number of ketones is 1. The fourth-order valence-corrected chi connectivity index (χ4v) is 5.54. The summed E-state index contributed by atoms with van der Waals surface area (Å²) in [6.45, 7) is 1.19. The van der Waals surface area contributed by atoms with Crippen molar-refractivity contribution in [2.45, 2.75) is 43.7 Å². The minimum Gasteiger partial charge on any atom is -0.448 e. The third-order valence-electron chi connectivity index (χ3n) is 7.04. The minimum absolute atomic E-state index is 0.0327. The number of rotatable bonds is 5. The fourth-order valence-electron chi connectivity index (χ4n) is 5.54. The predicted molar refractivity (Wildman–Crippen MR) is 121 cm³/mol. The summed E-state index contributed by atoms with van der Waals surface area (Å²) in [4.78, 5) is 27.5. The van der Waals surface area contributed by atoms with Gasteiger partial charge < -0.3 is 9.47 Å². The third-order valence-corrected chi connectivity index (χ3v) is 7.04. The average molecular weight is 430 g/mol. The molecule has 5 heteroatoms. The van der Waals surface area contributed by atoms with Crippen molar-refractivity contribution in [3.8, 4) is 23.5 Å². The van der Waals surface area contributed by atoms with E-state index in [9.17, 15) is 9.59 Å². The Labute approximate surface area is 188 Å². The van der Waals surface area contributed by atoms with Gasteiger partial charge in [-0.25, -0.2) is 4.79 Å². The zero-order valence-electron chi connectivity index (χ0n) is 18.0. The number of amides is 1. The van der Waals surface area contributed by atoms with Gasteiger partial charge in [-0.15, -0.1) is 12.3 Å². The Morgan fingerprint density at radius 3 is 2.19 bits per heavy atom. The highest BCUT2D eigenvalue weighted by molar-refractivity contribution is 5.82. The van der Waals surface area contributed by atoms with Crippen LogP contribution in [0.15, 0.2) is 48.5 Å². The highest BCUT2D eigenvalue weighted by Gasteiger charge is 2.44. The number of hydrogen-bond donors (Lipinski definition) is 0. The maximum Gasteiger partial charge on any atom is 0.410 e. The van der Waals surface area contributed by atoms with Crippen molar-refractivity contribution in [2.24, 2.45) is 5.92 Å². The van der Waals surface area contributed by atoms with Gasteiger partial charge in [0.1, 0.15) is 12.4 Å². The Kier molecular flexibility index (Phi) is 5.71. The molecular formula is C27H27NO4. The number of carbonyl (C=O) groups excluding carboxylic acids is 2. The maximum absolute atomic E-state index is 13.2. The molecule has 3 aliphatic rings. The number of terminal acetylenes is 1. The Bertz CT molecular complexity index is 1010. The van der Waals surface area contributed by atoms with Crippen LogP contribution in [0.4, 0.5) is 4.79 Å². The largest absolute Gasteiger partial charge is 0.448 e. The quantitative estimate of drug-likeness (QED) is 0.661. The molecule has 0 saturated carbocycles. The summed E-state index contributed by atoms with van der Waals surface area (Å²) >= 11 is 0. The lowest BCUT2D eigenvalue weighted by Gasteiger charge is -2.47. The molecule has 0 aromatic heterocycles. The van der Waals surface area contributed by atoms with Gasteiger partial charge in [-0.1, -0.05) is 48.5 Å². The Morgan fingerprint density at radius 2 is 1.59 bits per heavy atom. The van der Waals surface area contributed by atoms with Crippen LogP contribution in [0, 0.1) is 18.3 Å². The highest BCUT2D eigenvalue weighted by Crippen LogP contribution is 2.44. The lowest BCUT2D eigenvalue weighted by molar-refractivity contribution is -0.131. The molecular weight excluding hydrogens is 402 g/mol. The van der Waals surface area contributed by atoms with E-state index in [1.807, 2.05) is 29.2 Å². The van der Waals surface area contributed by atoms with Crippen LogP contribution in [0.1, 0.15) is 42.7 Å². The van der Waals surface area contributed by atoms with Gasteiger partial charge in [0, 0.05) is 24.7 Å². The molecule has 0 spiro atoms. The van der Waals surface area contributed by atoms with Gasteiger partial charge in [0.15, 0.2) is 0 Å². The van der Waals surface area contributed by atoms with E-state index in [2.05, 4.69) is 30.2 Å². The van der Waals surface area contributed by atoms with Crippen LogP contribution in [0.3, 0.4) is 0 Å². The second-order valence-corrected chi connectivity index (χ2v) is 8.90. The number of hydrogen-bond acceptors (Lipinski definition) is 4. The first kappa shape index (κ1) is 20.8. The van der Waals surface area contributed by atoms with E-state index >= 15 is 0 Å². The molecule has 2 fully saturated rings. The summed E-state index contributed by atoms with van der Waals surface area (Å²) < 4.78 is 11.6. The fraction of sp³-hybridized carbons (Fsp3) is 0.407. The standard InChI is InChI=1S/C27H27NO4/c1-2-3-12-26(29)18-13-19-15-31-16-20(14-18)28(19)27(30)32-17-25-23-10-6-4-8-21(23)22-9-5-7-11-24(22)25/h1,4-11,18-20,25H,3,12-17H2. The second-order valence-electron chi connectivity index (χ2n) is 8.90. The van der Waals surface area contributed by atoms with E-state index in [4.69, 9.17) is 15.9 Å². The van der Waals surface area contributed by atoms with Crippen LogP contribution in [0.25, 0.3) is 11.1 Å². The molecule has 2 aromatic rings. The Balaban J connectivity index is 1.28. The molecule has 2 atom stereocenters. The van der Waals surface area contributed by atoms with E-state index in [1.54, 1.807) is 0 Å². The molecule has 5 rings (SSSR count). The lowest BCUT2D eigenvalue weighted by atomic mass is 9.81. The third kappa shape index (κ3) is 3.69. The molecule has 32 heavy (non-hydrogen) atoms. The number of benzene rings is 2. The van der Waals surface area contributed by atoms with Gasteiger partial charge in [-0.3, -0.25) is 9.69 Å². The number of ether oxygens (including phenoxy) is 2. The van der Waals surface area contributed by atoms with Gasteiger partial charge in [-0.05, 0) is 35.1 Å². The van der Waals surface area contributed by atoms with Crippen LogP contribution in [0.2, 0.25) is 0 Å². The molecule has 5 nitrogen and oxygen atoms in total. The number of morpholine rings is 1. The van der Waals surface area contributed by atoms with Crippen molar-refractivity contribution in [1.29, 1.82) is 0 Å². The molecule has 0 radical (unpaired) electrons. The predicted octanol–water partition coefficient (Wildman–Crippen LogP) is 4.40. The number of nitrogens with zero attached hydrogens (tertiary/aromatic N) is 1. The van der Waals surface area contributed by atoms with Crippen molar-refractivity contribution in [3.63, 3.8) is 0 Å². The SMILES string of the molecule is C#CCCC(=O)C1CC2COCC(C1)N2C(=O)OCC1c2ccccc2-c2ccccc21. The van der Waals surface area contributed by atoms with Crippen molar-refractivity contribution in [3.05, 3.63) is 59.7 Å². The molecule has 1 amide bonds. The number of fused-ring (bicyclic) bond motifs is 5. The monoisotopic (exact) mass is 429 g/mol. The molecule has 2 aromatic carbocycles. The van der Waals surface area contributed by atoms with Gasteiger partial charge in [0.05, 0.1) is 25.3 Å². The van der Waals surface area contributed by atoms with Crippen molar-refractivity contribution < 1.29 is 19.1 Å². The molecule has 1 aliphatic carbocycles. The maximum atomic E-state index is 13.2. The van der Waals surface area contributed by atoms with E-state index in [-0.39, 0.29) is 35.8 Å². The molecule has 2 aliphatic heterocycles. The number of carbonyl (C=O) groups is 2. The smallest absolute Gasteiger partial charge is 0.410 e. The summed E-state index contributed by atoms with van der Waals surface area (Å²) in [5.74, 6) is 2.72. The van der Waals surface area contributed by atoms with E-state index in [0.717, 1.165) is 0 Å². The average Bonchev–Trinajstić information content (AvgIpc) is 3.14. The van der Waals surface area contributed by atoms with Gasteiger partial charge >= 0.3 is 6.09 Å². The van der Waals surface area contributed by atoms with Crippen molar-refractivity contribution in [1.82, 2.24) is 4.90 Å². The summed E-state index contributed by atoms with van der Waals surface area (Å²) in [6, 6.07) is 16.4. The van der Waals surface area contributed by atoms with E-state index in [0.29, 0.717) is 45.5 Å². The number of Topliss-reactive ketones (excluding diaryl/α,β-unsaturated/α-hetero) is 1. The summed E-state index contributed by atoms with van der Waals surface area (Å²) in [5, 5.41) is 0. The summed E-state index contributed by atoms with van der Waals surface area (Å²) in [7, 11) is 0.